The molecule has 0 aliphatic carbocycles. The van der Waals surface area contributed by atoms with E-state index in [0.29, 0.717) is 0 Å². The summed E-state index contributed by atoms with van der Waals surface area (Å²) in [6, 6.07) is 8.26. The van der Waals surface area contributed by atoms with Gasteiger partial charge in [0.25, 0.3) is 5.24 Å². The molecule has 2 rings (SSSR count). The molecule has 2 aromatic rings. The fourth-order valence-corrected chi connectivity index (χ4v) is 1.97. The highest BCUT2D eigenvalue weighted by molar-refractivity contribution is 6.68. The first-order valence-electron chi connectivity index (χ1n) is 5.62. The lowest BCUT2D eigenvalue weighted by atomic mass is 9.99. The first-order valence-corrected chi connectivity index (χ1v) is 6.00. The number of benzene rings is 2. The van der Waals surface area contributed by atoms with Crippen molar-refractivity contribution >= 4 is 16.8 Å². The third-order valence-electron chi connectivity index (χ3n) is 2.60. The Balaban J connectivity index is 2.60. The minimum Gasteiger partial charge on any atom is -0.405 e. The Morgan fingerprint density at radius 1 is 1.05 bits per heavy atom. The maximum atomic E-state index is 13.2. The number of halogens is 5. The minimum atomic E-state index is -4.89. The summed E-state index contributed by atoms with van der Waals surface area (Å²) >= 11 is 5.35. The van der Waals surface area contributed by atoms with Gasteiger partial charge in [-0.2, -0.15) is 0 Å². The number of alkyl halides is 3. The van der Waals surface area contributed by atoms with E-state index in [2.05, 4.69) is 4.74 Å². The molecule has 110 valence electrons. The summed E-state index contributed by atoms with van der Waals surface area (Å²) in [6.07, 6.45) is -4.89. The molecule has 0 unspecified atom stereocenters. The Morgan fingerprint density at radius 2 is 1.71 bits per heavy atom. The number of hydrogen-bond donors (Lipinski definition) is 0. The summed E-state index contributed by atoms with van der Waals surface area (Å²) in [5, 5.41) is -0.980. The lowest BCUT2D eigenvalue weighted by Crippen LogP contribution is -2.17. The van der Waals surface area contributed by atoms with E-state index in [1.165, 1.54) is 24.3 Å². The van der Waals surface area contributed by atoms with Gasteiger partial charge in [-0.15, -0.1) is 13.2 Å². The van der Waals surface area contributed by atoms with Crippen LogP contribution < -0.4 is 4.74 Å². The van der Waals surface area contributed by atoms with Crippen molar-refractivity contribution in [3.63, 3.8) is 0 Å². The van der Waals surface area contributed by atoms with Crippen molar-refractivity contribution in [2.24, 2.45) is 0 Å². The molecular weight excluding hydrogens is 312 g/mol. The summed E-state index contributed by atoms with van der Waals surface area (Å²) in [4.78, 5) is 11.3. The van der Waals surface area contributed by atoms with Gasteiger partial charge in [0.1, 0.15) is 11.6 Å². The molecule has 21 heavy (non-hydrogen) atoms. The molecule has 0 aliphatic rings. The second-order valence-corrected chi connectivity index (χ2v) is 4.35. The van der Waals surface area contributed by atoms with Crippen LogP contribution in [0, 0.1) is 5.82 Å². The SMILES string of the molecule is O=C(Cl)c1cc(F)ccc1-c1ccccc1OC(F)(F)F. The molecule has 0 saturated carbocycles. The number of ether oxygens (including phenoxy) is 1. The van der Waals surface area contributed by atoms with Crippen molar-refractivity contribution in [3.05, 3.63) is 53.8 Å². The van der Waals surface area contributed by atoms with Crippen LogP contribution in [0.1, 0.15) is 10.4 Å². The van der Waals surface area contributed by atoms with Gasteiger partial charge in [0, 0.05) is 11.1 Å². The lowest BCUT2D eigenvalue weighted by Gasteiger charge is -2.14. The van der Waals surface area contributed by atoms with Crippen molar-refractivity contribution in [1.29, 1.82) is 0 Å². The van der Waals surface area contributed by atoms with Gasteiger partial charge in [-0.25, -0.2) is 4.39 Å². The van der Waals surface area contributed by atoms with E-state index in [4.69, 9.17) is 11.6 Å². The Morgan fingerprint density at radius 3 is 2.33 bits per heavy atom. The fraction of sp³-hybridized carbons (Fsp3) is 0.0714. The lowest BCUT2D eigenvalue weighted by molar-refractivity contribution is -0.274. The normalized spacial score (nSPS) is 11.3. The van der Waals surface area contributed by atoms with Crippen LogP contribution in [0.5, 0.6) is 5.75 Å². The Hall–Kier alpha value is -2.08. The Labute approximate surface area is 121 Å². The van der Waals surface area contributed by atoms with Gasteiger partial charge in [0.2, 0.25) is 0 Å². The smallest absolute Gasteiger partial charge is 0.405 e. The van der Waals surface area contributed by atoms with Gasteiger partial charge in [0.15, 0.2) is 0 Å². The second-order valence-electron chi connectivity index (χ2n) is 4.01. The Kier molecular flexibility index (Phi) is 4.18. The van der Waals surface area contributed by atoms with Crippen molar-refractivity contribution < 1.29 is 27.1 Å². The monoisotopic (exact) mass is 318 g/mol. The summed E-state index contributed by atoms with van der Waals surface area (Å²) < 4.78 is 54.2. The zero-order chi connectivity index (χ0) is 15.6. The molecule has 0 spiro atoms. The molecule has 0 amide bonds. The van der Waals surface area contributed by atoms with E-state index in [-0.39, 0.29) is 16.7 Å². The highest BCUT2D eigenvalue weighted by Crippen LogP contribution is 2.36. The summed E-state index contributed by atoms with van der Waals surface area (Å²) in [6.45, 7) is 0. The van der Waals surface area contributed by atoms with Crippen LogP contribution in [0.25, 0.3) is 11.1 Å². The number of hydrogen-bond acceptors (Lipinski definition) is 2. The third-order valence-corrected chi connectivity index (χ3v) is 2.80. The number of rotatable bonds is 3. The van der Waals surface area contributed by atoms with Gasteiger partial charge in [-0.3, -0.25) is 4.79 Å². The average molecular weight is 319 g/mol. The van der Waals surface area contributed by atoms with Crippen LogP contribution in [0.3, 0.4) is 0 Å². The van der Waals surface area contributed by atoms with Crippen LogP contribution in [0.15, 0.2) is 42.5 Å². The molecule has 0 aromatic heterocycles. The minimum absolute atomic E-state index is 0.0150. The van der Waals surface area contributed by atoms with E-state index >= 15 is 0 Å². The van der Waals surface area contributed by atoms with Crippen molar-refractivity contribution in [2.75, 3.05) is 0 Å². The first kappa shape index (κ1) is 15.3. The topological polar surface area (TPSA) is 26.3 Å². The highest BCUT2D eigenvalue weighted by atomic mass is 35.5. The number of para-hydroxylation sites is 1. The maximum absolute atomic E-state index is 13.2. The molecule has 0 N–H and O–H groups in total. The molecule has 0 fully saturated rings. The highest BCUT2D eigenvalue weighted by Gasteiger charge is 2.32. The Bertz CT molecular complexity index is 683. The van der Waals surface area contributed by atoms with E-state index in [0.717, 1.165) is 18.2 Å². The third kappa shape index (κ3) is 3.72. The van der Waals surface area contributed by atoms with Gasteiger partial charge >= 0.3 is 6.36 Å². The molecular formula is C14H7ClF4O2. The van der Waals surface area contributed by atoms with Gasteiger partial charge < -0.3 is 4.74 Å². The van der Waals surface area contributed by atoms with Crippen LogP contribution in [-0.4, -0.2) is 11.6 Å². The van der Waals surface area contributed by atoms with Crippen LogP contribution in [-0.2, 0) is 0 Å². The summed E-state index contributed by atoms with van der Waals surface area (Å²) in [7, 11) is 0. The average Bonchev–Trinajstić information content (AvgIpc) is 2.37. The van der Waals surface area contributed by atoms with E-state index in [9.17, 15) is 22.4 Å². The first-order chi connectivity index (χ1) is 9.78. The zero-order valence-corrected chi connectivity index (χ0v) is 11.0. The van der Waals surface area contributed by atoms with Gasteiger partial charge in [-0.1, -0.05) is 24.3 Å². The maximum Gasteiger partial charge on any atom is 0.573 e. The van der Waals surface area contributed by atoms with Crippen molar-refractivity contribution in [1.82, 2.24) is 0 Å². The quantitative estimate of drug-likeness (QED) is 0.602. The molecule has 7 heteroatoms. The predicted molar refractivity (Wildman–Crippen MR) is 68.7 cm³/mol. The van der Waals surface area contributed by atoms with E-state index < -0.39 is 23.2 Å². The predicted octanol–water partition coefficient (Wildman–Crippen LogP) is 4.77. The van der Waals surface area contributed by atoms with E-state index in [1.807, 2.05) is 0 Å². The summed E-state index contributed by atoms with van der Waals surface area (Å²) in [5.74, 6) is -1.23. The second kappa shape index (κ2) is 5.73. The number of carbonyl (C=O) groups excluding carboxylic acids is 1. The van der Waals surface area contributed by atoms with Crippen LogP contribution in [0.4, 0.5) is 17.6 Å². The van der Waals surface area contributed by atoms with Gasteiger partial charge in [0.05, 0.1) is 0 Å². The van der Waals surface area contributed by atoms with Gasteiger partial charge in [-0.05, 0) is 35.4 Å². The molecule has 2 nitrogen and oxygen atoms in total. The van der Waals surface area contributed by atoms with Crippen LogP contribution in [0.2, 0.25) is 0 Å². The molecule has 0 radical (unpaired) electrons. The van der Waals surface area contributed by atoms with Crippen LogP contribution >= 0.6 is 11.6 Å². The molecule has 2 aromatic carbocycles. The molecule has 0 saturated heterocycles. The molecule has 0 atom stereocenters. The molecule has 0 heterocycles. The van der Waals surface area contributed by atoms with Crippen molar-refractivity contribution in [2.45, 2.75) is 6.36 Å². The largest absolute Gasteiger partial charge is 0.573 e. The number of carbonyl (C=O) groups is 1. The molecule has 0 aliphatic heterocycles. The van der Waals surface area contributed by atoms with E-state index in [1.54, 1.807) is 0 Å². The zero-order valence-electron chi connectivity index (χ0n) is 10.2. The standard InChI is InChI=1S/C14H7ClF4O2/c15-13(20)11-7-8(16)5-6-9(11)10-3-1-2-4-12(10)21-14(17,18)19/h1-7H. The van der Waals surface area contributed by atoms with Crippen molar-refractivity contribution in [3.8, 4) is 16.9 Å². The fourth-order valence-electron chi connectivity index (χ4n) is 1.82. The summed E-state index contributed by atoms with van der Waals surface area (Å²) in [5.41, 5.74) is -0.204. The molecule has 0 bridgehead atoms.